The lowest BCUT2D eigenvalue weighted by atomic mass is 10.1. The van der Waals surface area contributed by atoms with Crippen LogP contribution in [0.1, 0.15) is 31.4 Å². The summed E-state index contributed by atoms with van der Waals surface area (Å²) in [5.74, 6) is -0.266. The summed E-state index contributed by atoms with van der Waals surface area (Å²) >= 11 is 4.66. The average molecular weight is 487 g/mol. The molecule has 1 saturated heterocycles. The highest BCUT2D eigenvalue weighted by atomic mass is 79.9. The largest absolute Gasteiger partial charge is 0.302 e. The van der Waals surface area contributed by atoms with Gasteiger partial charge in [-0.2, -0.15) is 0 Å². The van der Waals surface area contributed by atoms with E-state index in [0.717, 1.165) is 29.8 Å². The van der Waals surface area contributed by atoms with E-state index in [9.17, 15) is 13.2 Å². The lowest BCUT2D eigenvalue weighted by Crippen LogP contribution is -2.29. The summed E-state index contributed by atoms with van der Waals surface area (Å²) < 4.78 is 27.6. The van der Waals surface area contributed by atoms with Gasteiger partial charge in [0.05, 0.1) is 10.6 Å². The second-order valence-electron chi connectivity index (χ2n) is 6.63. The van der Waals surface area contributed by atoms with Crippen LogP contribution in [-0.4, -0.2) is 43.8 Å². The number of sulfonamides is 1. The fraction of sp³-hybridized carbons (Fsp3) is 0.444. The molecule has 2 N–H and O–H groups in total. The average Bonchev–Trinajstić information content (AvgIpc) is 3.09. The Morgan fingerprint density at radius 2 is 1.89 bits per heavy atom. The summed E-state index contributed by atoms with van der Waals surface area (Å²) in [6.07, 6.45) is 3.78. The van der Waals surface area contributed by atoms with Crippen LogP contribution < -0.4 is 10.0 Å². The monoisotopic (exact) mass is 486 g/mol. The molecule has 10 heteroatoms. The molecule has 1 aromatic carbocycles. The van der Waals surface area contributed by atoms with Crippen molar-refractivity contribution in [3.05, 3.63) is 39.8 Å². The minimum Gasteiger partial charge on any atom is -0.302 e. The lowest BCUT2D eigenvalue weighted by Gasteiger charge is -2.25. The number of carbonyl (C=O) groups excluding carboxylic acids is 1. The number of piperidine rings is 1. The van der Waals surface area contributed by atoms with Crippen LogP contribution in [0.15, 0.2) is 39.0 Å². The van der Waals surface area contributed by atoms with Gasteiger partial charge in [-0.1, -0.05) is 22.4 Å². The number of nitrogens with one attached hydrogen (secondary N) is 2. The van der Waals surface area contributed by atoms with Crippen molar-refractivity contribution in [2.45, 2.75) is 37.1 Å². The zero-order chi connectivity index (χ0) is 20.0. The van der Waals surface area contributed by atoms with Gasteiger partial charge in [-0.15, -0.1) is 11.3 Å². The highest BCUT2D eigenvalue weighted by Crippen LogP contribution is 2.19. The van der Waals surface area contributed by atoms with E-state index in [-0.39, 0.29) is 23.8 Å². The van der Waals surface area contributed by atoms with Crippen molar-refractivity contribution in [2.75, 3.05) is 25.0 Å². The molecule has 0 unspecified atom stereocenters. The number of rotatable bonds is 8. The minimum absolute atomic E-state index is 0.0240. The summed E-state index contributed by atoms with van der Waals surface area (Å²) in [5.41, 5.74) is 0.957. The lowest BCUT2D eigenvalue weighted by molar-refractivity contribution is -0.116. The molecule has 1 amide bonds. The molecule has 1 aliphatic heterocycles. The van der Waals surface area contributed by atoms with Gasteiger partial charge in [-0.3, -0.25) is 9.69 Å². The Morgan fingerprint density at radius 1 is 1.18 bits per heavy atom. The molecule has 0 bridgehead atoms. The van der Waals surface area contributed by atoms with Gasteiger partial charge in [0.1, 0.15) is 0 Å². The van der Waals surface area contributed by atoms with E-state index in [1.165, 1.54) is 42.7 Å². The zero-order valence-corrected chi connectivity index (χ0v) is 18.6. The Morgan fingerprint density at radius 3 is 2.61 bits per heavy atom. The van der Waals surface area contributed by atoms with Crippen LogP contribution in [-0.2, 0) is 21.4 Å². The molecular formula is C18H23BrN4O3S2. The topological polar surface area (TPSA) is 91.4 Å². The van der Waals surface area contributed by atoms with Crippen LogP contribution in [0.4, 0.5) is 5.13 Å². The molecule has 28 heavy (non-hydrogen) atoms. The fourth-order valence-electron chi connectivity index (χ4n) is 2.96. The number of anilines is 1. The number of thiazole rings is 1. The van der Waals surface area contributed by atoms with E-state index in [1.807, 2.05) is 5.38 Å². The number of halogens is 1. The van der Waals surface area contributed by atoms with Gasteiger partial charge in [0.2, 0.25) is 15.9 Å². The SMILES string of the molecule is O=C(CCNS(=O)(=O)c1ccc(Br)cc1)Nc1nc(CN2CCCCC2)cs1. The molecule has 1 aromatic heterocycles. The van der Waals surface area contributed by atoms with Gasteiger partial charge in [0, 0.05) is 29.4 Å². The van der Waals surface area contributed by atoms with E-state index in [0.29, 0.717) is 5.13 Å². The van der Waals surface area contributed by atoms with Crippen LogP contribution in [0, 0.1) is 0 Å². The Balaban J connectivity index is 1.43. The summed E-state index contributed by atoms with van der Waals surface area (Å²) in [6.45, 7) is 3.02. The predicted octanol–water partition coefficient (Wildman–Crippen LogP) is 3.20. The first-order valence-corrected chi connectivity index (χ1v) is 12.3. The molecule has 3 rings (SSSR count). The maximum Gasteiger partial charge on any atom is 0.240 e. The Kier molecular flexibility index (Phi) is 7.58. The molecule has 0 saturated carbocycles. The number of aromatic nitrogens is 1. The van der Waals surface area contributed by atoms with E-state index >= 15 is 0 Å². The normalized spacial score (nSPS) is 15.5. The highest BCUT2D eigenvalue weighted by molar-refractivity contribution is 9.10. The van der Waals surface area contributed by atoms with Crippen LogP contribution in [0.3, 0.4) is 0 Å². The molecule has 7 nitrogen and oxygen atoms in total. The third-order valence-electron chi connectivity index (χ3n) is 4.40. The molecule has 2 aromatic rings. The molecule has 152 valence electrons. The Bertz CT molecular complexity index is 894. The maximum atomic E-state index is 12.2. The van der Waals surface area contributed by atoms with Crippen molar-refractivity contribution >= 4 is 48.3 Å². The number of hydrogen-bond acceptors (Lipinski definition) is 6. The summed E-state index contributed by atoms with van der Waals surface area (Å²) in [7, 11) is -3.63. The van der Waals surface area contributed by atoms with Gasteiger partial charge in [0.25, 0.3) is 0 Å². The standard InChI is InChI=1S/C18H23BrN4O3S2/c19-14-4-6-16(7-5-14)28(25,26)20-9-8-17(24)22-18-21-15(13-27-18)12-23-10-2-1-3-11-23/h4-7,13,20H,1-3,8-12H2,(H,21,22,24). The number of nitrogens with zero attached hydrogens (tertiary/aromatic N) is 2. The first-order chi connectivity index (χ1) is 13.4. The van der Waals surface area contributed by atoms with Crippen molar-refractivity contribution in [1.82, 2.24) is 14.6 Å². The Hall–Kier alpha value is -1.33. The van der Waals surface area contributed by atoms with Gasteiger partial charge >= 0.3 is 0 Å². The van der Waals surface area contributed by atoms with Crippen LogP contribution in [0.25, 0.3) is 0 Å². The number of carbonyl (C=O) groups is 1. The van der Waals surface area contributed by atoms with Gasteiger partial charge < -0.3 is 5.32 Å². The zero-order valence-electron chi connectivity index (χ0n) is 15.4. The number of hydrogen-bond donors (Lipinski definition) is 2. The minimum atomic E-state index is -3.63. The maximum absolute atomic E-state index is 12.2. The van der Waals surface area contributed by atoms with Crippen LogP contribution in [0.2, 0.25) is 0 Å². The van der Waals surface area contributed by atoms with E-state index in [1.54, 1.807) is 12.1 Å². The number of amides is 1. The first-order valence-electron chi connectivity index (χ1n) is 9.14. The van der Waals surface area contributed by atoms with Gasteiger partial charge in [-0.25, -0.2) is 18.1 Å². The molecule has 2 heterocycles. The molecule has 0 atom stereocenters. The second-order valence-corrected chi connectivity index (χ2v) is 10.2. The van der Waals surface area contributed by atoms with Crippen molar-refractivity contribution in [1.29, 1.82) is 0 Å². The summed E-state index contributed by atoms with van der Waals surface area (Å²) in [4.78, 5) is 19.1. The number of likely N-dealkylation sites (tertiary alicyclic amines) is 1. The predicted molar refractivity (Wildman–Crippen MR) is 114 cm³/mol. The molecular weight excluding hydrogens is 464 g/mol. The summed E-state index contributed by atoms with van der Waals surface area (Å²) in [6, 6.07) is 6.33. The van der Waals surface area contributed by atoms with Gasteiger partial charge in [0.15, 0.2) is 5.13 Å². The molecule has 1 aliphatic rings. The quantitative estimate of drug-likeness (QED) is 0.597. The smallest absolute Gasteiger partial charge is 0.240 e. The molecule has 0 radical (unpaired) electrons. The second kappa shape index (κ2) is 9.93. The van der Waals surface area contributed by atoms with Crippen LogP contribution in [0.5, 0.6) is 0 Å². The van der Waals surface area contributed by atoms with E-state index in [2.05, 4.69) is 35.9 Å². The fourth-order valence-corrected chi connectivity index (χ4v) is 4.98. The third-order valence-corrected chi connectivity index (χ3v) is 7.21. The van der Waals surface area contributed by atoms with E-state index in [4.69, 9.17) is 0 Å². The highest BCUT2D eigenvalue weighted by Gasteiger charge is 2.15. The molecule has 0 spiro atoms. The molecule has 0 aliphatic carbocycles. The van der Waals surface area contributed by atoms with Crippen molar-refractivity contribution in [2.24, 2.45) is 0 Å². The van der Waals surface area contributed by atoms with Crippen molar-refractivity contribution in [3.63, 3.8) is 0 Å². The molecule has 1 fully saturated rings. The summed E-state index contributed by atoms with van der Waals surface area (Å²) in [5, 5.41) is 5.25. The van der Waals surface area contributed by atoms with Crippen molar-refractivity contribution < 1.29 is 13.2 Å². The third kappa shape index (κ3) is 6.35. The Labute approximate surface area is 177 Å². The van der Waals surface area contributed by atoms with Gasteiger partial charge in [-0.05, 0) is 50.2 Å². The van der Waals surface area contributed by atoms with Crippen LogP contribution >= 0.6 is 27.3 Å². The first kappa shape index (κ1) is 21.4. The van der Waals surface area contributed by atoms with E-state index < -0.39 is 10.0 Å². The number of benzene rings is 1. The van der Waals surface area contributed by atoms with Crippen molar-refractivity contribution in [3.8, 4) is 0 Å².